The third-order valence-electron chi connectivity index (χ3n) is 6.17. The molecule has 9 nitrogen and oxygen atoms in total. The molecule has 1 heterocycles. The molecular weight excluding hydrogens is 486 g/mol. The van der Waals surface area contributed by atoms with Gasteiger partial charge in [-0.05, 0) is 56.9 Å². The molecule has 0 aromatic heterocycles. The van der Waals surface area contributed by atoms with Gasteiger partial charge in [0.05, 0.1) is 23.8 Å². The summed E-state index contributed by atoms with van der Waals surface area (Å²) in [5.74, 6) is -1.08. The fourth-order valence-electron chi connectivity index (χ4n) is 3.97. The Kier molecular flexibility index (Phi) is 9.50. The van der Waals surface area contributed by atoms with Gasteiger partial charge in [0, 0.05) is 12.0 Å². The van der Waals surface area contributed by atoms with Crippen LogP contribution in [0.1, 0.15) is 58.9 Å². The maximum Gasteiger partial charge on any atom is 0.314 e. The van der Waals surface area contributed by atoms with Crippen LogP contribution in [0.2, 0.25) is 0 Å². The van der Waals surface area contributed by atoms with Gasteiger partial charge in [-0.1, -0.05) is 43.3 Å². The summed E-state index contributed by atoms with van der Waals surface area (Å²) >= 11 is 0. The van der Waals surface area contributed by atoms with Crippen LogP contribution in [0, 0.1) is 16.7 Å². The Labute approximate surface area is 223 Å². The van der Waals surface area contributed by atoms with Gasteiger partial charge in [-0.3, -0.25) is 19.8 Å². The van der Waals surface area contributed by atoms with Crippen LogP contribution >= 0.6 is 0 Å². The third kappa shape index (κ3) is 8.06. The number of amidine groups is 1. The fourth-order valence-corrected chi connectivity index (χ4v) is 3.97. The van der Waals surface area contributed by atoms with Crippen molar-refractivity contribution >= 4 is 23.7 Å². The lowest BCUT2D eigenvalue weighted by molar-refractivity contribution is -0.195. The number of amides is 1. The molecular formula is C29H37N3O6. The second-order valence-electron chi connectivity index (χ2n) is 10.5. The standard InChI is InChI=1S/C29H37N3O6/c1-5-6-25(38-28(35)29(2,3)4)37-24(33)16-21-15-22(32-27(21)34)17-36-23-13-11-19(12-14-23)18-7-9-20(10-8-18)26(30)31/h7-14,21-22,25H,5-6,15-17H2,1-4H3,(H3,30,31)(H,32,34)/t21-,22-,25?/m0/s1. The molecule has 2 aromatic carbocycles. The van der Waals surface area contributed by atoms with Crippen LogP contribution in [0.15, 0.2) is 48.5 Å². The fraction of sp³-hybridized carbons (Fsp3) is 0.448. The zero-order valence-corrected chi connectivity index (χ0v) is 22.4. The molecule has 1 aliphatic heterocycles. The molecule has 0 spiro atoms. The van der Waals surface area contributed by atoms with E-state index in [9.17, 15) is 14.4 Å². The molecule has 1 fully saturated rings. The van der Waals surface area contributed by atoms with Gasteiger partial charge < -0.3 is 25.3 Å². The number of nitrogen functional groups attached to an aromatic ring is 1. The first kappa shape index (κ1) is 28.7. The van der Waals surface area contributed by atoms with Gasteiger partial charge in [0.1, 0.15) is 18.2 Å². The molecule has 2 aromatic rings. The first-order chi connectivity index (χ1) is 18.0. The number of hydrogen-bond acceptors (Lipinski definition) is 7. The van der Waals surface area contributed by atoms with Crippen LogP contribution < -0.4 is 15.8 Å². The number of rotatable bonds is 11. The normalized spacial score (nSPS) is 17.8. The van der Waals surface area contributed by atoms with E-state index in [0.29, 0.717) is 30.6 Å². The van der Waals surface area contributed by atoms with E-state index in [4.69, 9.17) is 25.4 Å². The first-order valence-corrected chi connectivity index (χ1v) is 12.8. The van der Waals surface area contributed by atoms with E-state index in [2.05, 4.69) is 5.32 Å². The van der Waals surface area contributed by atoms with E-state index >= 15 is 0 Å². The Morgan fingerprint density at radius 1 is 1.05 bits per heavy atom. The van der Waals surface area contributed by atoms with Gasteiger partial charge >= 0.3 is 11.9 Å². The Balaban J connectivity index is 1.48. The van der Waals surface area contributed by atoms with Gasteiger partial charge in [-0.15, -0.1) is 0 Å². The van der Waals surface area contributed by atoms with E-state index in [-0.39, 0.29) is 30.8 Å². The van der Waals surface area contributed by atoms with Crippen molar-refractivity contribution in [3.05, 3.63) is 54.1 Å². The molecule has 0 saturated carbocycles. The number of nitrogens with two attached hydrogens (primary N) is 1. The lowest BCUT2D eigenvalue weighted by Crippen LogP contribution is -2.32. The number of carbonyl (C=O) groups is 3. The molecule has 0 radical (unpaired) electrons. The average molecular weight is 524 g/mol. The molecule has 1 saturated heterocycles. The van der Waals surface area contributed by atoms with Crippen molar-refractivity contribution in [1.29, 1.82) is 5.41 Å². The summed E-state index contributed by atoms with van der Waals surface area (Å²) in [6, 6.07) is 14.8. The first-order valence-electron chi connectivity index (χ1n) is 12.8. The zero-order chi connectivity index (χ0) is 27.9. The minimum absolute atomic E-state index is 0.0284. The van der Waals surface area contributed by atoms with E-state index in [1.807, 2.05) is 43.3 Å². The van der Waals surface area contributed by atoms with Crippen molar-refractivity contribution < 1.29 is 28.6 Å². The summed E-state index contributed by atoms with van der Waals surface area (Å²) in [7, 11) is 0. The SMILES string of the molecule is CCCC(OC(=O)C[C@@H]1C[C@@H](COc2ccc(-c3ccc(C(=N)N)cc3)cc2)NC1=O)OC(=O)C(C)(C)C. The summed E-state index contributed by atoms with van der Waals surface area (Å²) in [5, 5.41) is 10.4. The zero-order valence-electron chi connectivity index (χ0n) is 22.4. The van der Waals surface area contributed by atoms with Crippen LogP contribution in [0.25, 0.3) is 11.1 Å². The monoisotopic (exact) mass is 523 g/mol. The highest BCUT2D eigenvalue weighted by Gasteiger charge is 2.35. The number of hydrogen-bond donors (Lipinski definition) is 3. The molecule has 0 bridgehead atoms. The maximum atomic E-state index is 12.5. The number of esters is 2. The van der Waals surface area contributed by atoms with Gasteiger partial charge in [0.25, 0.3) is 0 Å². The van der Waals surface area contributed by atoms with Crippen LogP contribution in [0.4, 0.5) is 0 Å². The molecule has 4 N–H and O–H groups in total. The van der Waals surface area contributed by atoms with E-state index in [1.165, 1.54) is 0 Å². The van der Waals surface area contributed by atoms with Crippen molar-refractivity contribution in [3.63, 3.8) is 0 Å². The second-order valence-corrected chi connectivity index (χ2v) is 10.5. The van der Waals surface area contributed by atoms with Crippen molar-refractivity contribution in [3.8, 4) is 16.9 Å². The predicted octanol–water partition coefficient (Wildman–Crippen LogP) is 4.17. The van der Waals surface area contributed by atoms with Crippen molar-refractivity contribution in [1.82, 2.24) is 5.32 Å². The minimum Gasteiger partial charge on any atom is -0.491 e. The molecule has 204 valence electrons. The van der Waals surface area contributed by atoms with Crippen LogP contribution in [0.3, 0.4) is 0 Å². The third-order valence-corrected chi connectivity index (χ3v) is 6.17. The summed E-state index contributed by atoms with van der Waals surface area (Å²) in [5.41, 5.74) is 7.46. The Hall–Kier alpha value is -3.88. The molecule has 1 amide bonds. The van der Waals surface area contributed by atoms with Gasteiger partial charge in [0.2, 0.25) is 12.2 Å². The van der Waals surface area contributed by atoms with E-state index < -0.39 is 29.6 Å². The largest absolute Gasteiger partial charge is 0.491 e. The van der Waals surface area contributed by atoms with Crippen molar-refractivity contribution in [2.45, 2.75) is 65.7 Å². The van der Waals surface area contributed by atoms with E-state index in [0.717, 1.165) is 11.1 Å². The highest BCUT2D eigenvalue weighted by Crippen LogP contribution is 2.25. The summed E-state index contributed by atoms with van der Waals surface area (Å²) in [6.45, 7) is 7.37. The molecule has 3 rings (SSSR count). The number of ether oxygens (including phenoxy) is 3. The Bertz CT molecular complexity index is 1140. The van der Waals surface area contributed by atoms with Crippen molar-refractivity contribution in [2.75, 3.05) is 6.61 Å². The lowest BCUT2D eigenvalue weighted by Gasteiger charge is -2.23. The molecule has 1 aliphatic rings. The quantitative estimate of drug-likeness (QED) is 0.174. The van der Waals surface area contributed by atoms with Crippen molar-refractivity contribution in [2.24, 2.45) is 17.1 Å². The highest BCUT2D eigenvalue weighted by molar-refractivity contribution is 5.95. The number of nitrogens with one attached hydrogen (secondary N) is 2. The van der Waals surface area contributed by atoms with Crippen LogP contribution in [0.5, 0.6) is 5.75 Å². The topological polar surface area (TPSA) is 141 Å². The van der Waals surface area contributed by atoms with Crippen LogP contribution in [-0.2, 0) is 23.9 Å². The highest BCUT2D eigenvalue weighted by atomic mass is 16.7. The Morgan fingerprint density at radius 2 is 1.66 bits per heavy atom. The summed E-state index contributed by atoms with van der Waals surface area (Å²) < 4.78 is 16.6. The Morgan fingerprint density at radius 3 is 2.21 bits per heavy atom. The molecule has 9 heteroatoms. The van der Waals surface area contributed by atoms with Gasteiger partial charge in [-0.2, -0.15) is 0 Å². The molecule has 38 heavy (non-hydrogen) atoms. The van der Waals surface area contributed by atoms with E-state index in [1.54, 1.807) is 32.9 Å². The maximum absolute atomic E-state index is 12.5. The van der Waals surface area contributed by atoms with Crippen LogP contribution in [-0.4, -0.2) is 42.6 Å². The predicted molar refractivity (Wildman–Crippen MR) is 143 cm³/mol. The average Bonchev–Trinajstić information content (AvgIpc) is 3.21. The van der Waals surface area contributed by atoms with Gasteiger partial charge in [-0.25, -0.2) is 0 Å². The molecule has 0 aliphatic carbocycles. The number of benzene rings is 2. The molecule has 3 atom stereocenters. The minimum atomic E-state index is -0.960. The summed E-state index contributed by atoms with van der Waals surface area (Å²) in [6.07, 6.45) is 0.453. The lowest BCUT2D eigenvalue weighted by atomic mass is 9.97. The van der Waals surface area contributed by atoms with Gasteiger partial charge in [0.15, 0.2) is 0 Å². The number of carbonyl (C=O) groups excluding carboxylic acids is 3. The molecule has 1 unspecified atom stereocenters. The smallest absolute Gasteiger partial charge is 0.314 e. The second kappa shape index (κ2) is 12.6. The summed E-state index contributed by atoms with van der Waals surface area (Å²) in [4.78, 5) is 37.1.